The van der Waals surface area contributed by atoms with Gasteiger partial charge >= 0.3 is 0 Å². The van der Waals surface area contributed by atoms with Gasteiger partial charge in [-0.05, 0) is 31.8 Å². The predicted molar refractivity (Wildman–Crippen MR) is 48.9 cm³/mol. The Morgan fingerprint density at radius 1 is 1.67 bits per heavy atom. The molecule has 0 bridgehead atoms. The fourth-order valence-electron chi connectivity index (χ4n) is 1.48. The van der Waals surface area contributed by atoms with Crippen molar-refractivity contribution in [1.29, 1.82) is 0 Å². The number of nitrogens with one attached hydrogen (secondary N) is 2. The van der Waals surface area contributed by atoms with Crippen LogP contribution in [0, 0.1) is 5.92 Å². The van der Waals surface area contributed by atoms with Crippen LogP contribution in [0.1, 0.15) is 26.2 Å². The lowest BCUT2D eigenvalue weighted by Gasteiger charge is -2.22. The molecule has 1 unspecified atom stereocenters. The summed E-state index contributed by atoms with van der Waals surface area (Å²) in [5, 5.41) is 6.25. The van der Waals surface area contributed by atoms with Gasteiger partial charge in [-0.3, -0.25) is 4.79 Å². The fraction of sp³-hybridized carbons (Fsp3) is 0.889. The Labute approximate surface area is 73.9 Å². The van der Waals surface area contributed by atoms with Crippen LogP contribution in [0.4, 0.5) is 0 Å². The molecule has 0 radical (unpaired) electrons. The van der Waals surface area contributed by atoms with Crippen LogP contribution in [0.3, 0.4) is 0 Å². The van der Waals surface area contributed by atoms with Crippen molar-refractivity contribution < 1.29 is 4.79 Å². The number of amides is 1. The van der Waals surface area contributed by atoms with Gasteiger partial charge in [0.2, 0.25) is 5.91 Å². The van der Waals surface area contributed by atoms with Crippen LogP contribution in [-0.4, -0.2) is 25.5 Å². The average Bonchev–Trinajstić information content (AvgIpc) is 2.16. The summed E-state index contributed by atoms with van der Waals surface area (Å²) in [7, 11) is 0. The quantitative estimate of drug-likeness (QED) is 0.648. The highest BCUT2D eigenvalue weighted by molar-refractivity contribution is 5.75. The summed E-state index contributed by atoms with van der Waals surface area (Å²) in [6.45, 7) is 4.93. The van der Waals surface area contributed by atoms with Gasteiger partial charge in [0.05, 0.1) is 0 Å². The number of hydrogen-bond acceptors (Lipinski definition) is 2. The van der Waals surface area contributed by atoms with E-state index in [1.165, 1.54) is 12.8 Å². The number of carbonyl (C=O) groups excluding carboxylic acids is 1. The van der Waals surface area contributed by atoms with E-state index in [1.807, 2.05) is 6.92 Å². The molecule has 2 N–H and O–H groups in total. The van der Waals surface area contributed by atoms with Crippen molar-refractivity contribution in [2.45, 2.75) is 26.2 Å². The first-order valence-electron chi connectivity index (χ1n) is 4.80. The third-order valence-electron chi connectivity index (χ3n) is 2.31. The van der Waals surface area contributed by atoms with E-state index in [0.29, 0.717) is 12.3 Å². The molecule has 0 spiro atoms. The van der Waals surface area contributed by atoms with Gasteiger partial charge in [-0.1, -0.05) is 6.92 Å². The monoisotopic (exact) mass is 170 g/mol. The second-order valence-corrected chi connectivity index (χ2v) is 3.37. The van der Waals surface area contributed by atoms with Crippen LogP contribution in [0.2, 0.25) is 0 Å². The maximum Gasteiger partial charge on any atom is 0.219 e. The van der Waals surface area contributed by atoms with Crippen molar-refractivity contribution >= 4 is 5.91 Å². The van der Waals surface area contributed by atoms with Crippen molar-refractivity contribution in [3.05, 3.63) is 0 Å². The summed E-state index contributed by atoms with van der Waals surface area (Å²) in [4.78, 5) is 10.9. The first kappa shape index (κ1) is 9.52. The van der Waals surface area contributed by atoms with Gasteiger partial charge in [0.15, 0.2) is 0 Å². The second-order valence-electron chi connectivity index (χ2n) is 3.37. The smallest absolute Gasteiger partial charge is 0.219 e. The number of piperidine rings is 1. The molecule has 0 aromatic carbocycles. The van der Waals surface area contributed by atoms with E-state index in [2.05, 4.69) is 10.6 Å². The lowest BCUT2D eigenvalue weighted by atomic mass is 10.00. The molecule has 0 saturated carbocycles. The second kappa shape index (κ2) is 5.14. The van der Waals surface area contributed by atoms with Crippen LogP contribution < -0.4 is 10.6 Å². The van der Waals surface area contributed by atoms with Crippen LogP contribution in [-0.2, 0) is 4.79 Å². The Bertz CT molecular complexity index is 141. The van der Waals surface area contributed by atoms with Crippen molar-refractivity contribution in [1.82, 2.24) is 10.6 Å². The van der Waals surface area contributed by atoms with Crippen molar-refractivity contribution in [2.75, 3.05) is 19.6 Å². The van der Waals surface area contributed by atoms with Gasteiger partial charge in [-0.25, -0.2) is 0 Å². The highest BCUT2D eigenvalue weighted by atomic mass is 16.1. The highest BCUT2D eigenvalue weighted by Gasteiger charge is 2.12. The molecular weight excluding hydrogens is 152 g/mol. The van der Waals surface area contributed by atoms with E-state index in [-0.39, 0.29) is 5.91 Å². The van der Waals surface area contributed by atoms with Gasteiger partial charge in [-0.2, -0.15) is 0 Å². The zero-order valence-electron chi connectivity index (χ0n) is 7.73. The van der Waals surface area contributed by atoms with Gasteiger partial charge in [0, 0.05) is 13.0 Å². The molecular formula is C9H18N2O. The van der Waals surface area contributed by atoms with E-state index in [1.54, 1.807) is 0 Å². The minimum atomic E-state index is 0.167. The summed E-state index contributed by atoms with van der Waals surface area (Å²) >= 11 is 0. The molecule has 1 saturated heterocycles. The third-order valence-corrected chi connectivity index (χ3v) is 2.31. The topological polar surface area (TPSA) is 41.1 Å². The summed E-state index contributed by atoms with van der Waals surface area (Å²) in [5.41, 5.74) is 0. The summed E-state index contributed by atoms with van der Waals surface area (Å²) in [5.74, 6) is 0.815. The number of rotatable bonds is 3. The van der Waals surface area contributed by atoms with E-state index >= 15 is 0 Å². The Morgan fingerprint density at radius 2 is 2.50 bits per heavy atom. The Kier molecular flexibility index (Phi) is 4.08. The summed E-state index contributed by atoms with van der Waals surface area (Å²) < 4.78 is 0. The summed E-state index contributed by atoms with van der Waals surface area (Å²) in [6.07, 6.45) is 3.09. The Balaban J connectivity index is 2.09. The maximum absolute atomic E-state index is 10.9. The standard InChI is InChI=1S/C9H18N2O/c1-2-9(12)11-7-8-4-3-5-10-6-8/h8,10H,2-7H2,1H3,(H,11,12). The maximum atomic E-state index is 10.9. The van der Waals surface area contributed by atoms with Crippen molar-refractivity contribution in [3.8, 4) is 0 Å². The van der Waals surface area contributed by atoms with Crippen LogP contribution in [0.15, 0.2) is 0 Å². The first-order chi connectivity index (χ1) is 5.83. The SMILES string of the molecule is CCC(=O)NCC1CCCNC1. The molecule has 1 rings (SSSR count). The molecule has 3 heteroatoms. The molecule has 1 amide bonds. The van der Waals surface area contributed by atoms with E-state index in [9.17, 15) is 4.79 Å². The van der Waals surface area contributed by atoms with E-state index in [0.717, 1.165) is 19.6 Å². The van der Waals surface area contributed by atoms with Crippen molar-refractivity contribution in [2.24, 2.45) is 5.92 Å². The Hall–Kier alpha value is -0.570. The fourth-order valence-corrected chi connectivity index (χ4v) is 1.48. The summed E-state index contributed by atoms with van der Waals surface area (Å²) in [6, 6.07) is 0. The minimum absolute atomic E-state index is 0.167. The normalized spacial score (nSPS) is 23.6. The molecule has 70 valence electrons. The van der Waals surface area contributed by atoms with Gasteiger partial charge in [-0.15, -0.1) is 0 Å². The van der Waals surface area contributed by atoms with Crippen molar-refractivity contribution in [3.63, 3.8) is 0 Å². The zero-order chi connectivity index (χ0) is 8.81. The molecule has 1 fully saturated rings. The molecule has 12 heavy (non-hydrogen) atoms. The molecule has 1 aliphatic heterocycles. The number of carbonyl (C=O) groups is 1. The molecule has 0 aromatic rings. The molecule has 1 aliphatic rings. The highest BCUT2D eigenvalue weighted by Crippen LogP contribution is 2.07. The molecule has 1 heterocycles. The van der Waals surface area contributed by atoms with Gasteiger partial charge in [0.25, 0.3) is 0 Å². The predicted octanol–water partition coefficient (Wildman–Crippen LogP) is 0.512. The van der Waals surface area contributed by atoms with Gasteiger partial charge in [0.1, 0.15) is 0 Å². The van der Waals surface area contributed by atoms with E-state index in [4.69, 9.17) is 0 Å². The largest absolute Gasteiger partial charge is 0.356 e. The Morgan fingerprint density at radius 3 is 3.08 bits per heavy atom. The van der Waals surface area contributed by atoms with Crippen LogP contribution >= 0.6 is 0 Å². The first-order valence-corrected chi connectivity index (χ1v) is 4.80. The van der Waals surface area contributed by atoms with E-state index < -0.39 is 0 Å². The van der Waals surface area contributed by atoms with Crippen LogP contribution in [0.5, 0.6) is 0 Å². The minimum Gasteiger partial charge on any atom is -0.356 e. The number of hydrogen-bond donors (Lipinski definition) is 2. The zero-order valence-corrected chi connectivity index (χ0v) is 7.73. The lowest BCUT2D eigenvalue weighted by Crippen LogP contribution is -2.37. The average molecular weight is 170 g/mol. The lowest BCUT2D eigenvalue weighted by molar-refractivity contribution is -0.120. The third kappa shape index (κ3) is 3.22. The molecule has 0 aliphatic carbocycles. The van der Waals surface area contributed by atoms with Gasteiger partial charge < -0.3 is 10.6 Å². The molecule has 0 aromatic heterocycles. The molecule has 1 atom stereocenters. The molecule has 3 nitrogen and oxygen atoms in total. The van der Waals surface area contributed by atoms with Crippen LogP contribution in [0.25, 0.3) is 0 Å².